The third-order valence-electron chi connectivity index (χ3n) is 4.36. The lowest BCUT2D eigenvalue weighted by molar-refractivity contribution is -0.117. The maximum atomic E-state index is 12.4. The van der Waals surface area contributed by atoms with Gasteiger partial charge in [-0.25, -0.2) is 0 Å². The number of nitrogens with one attached hydrogen (secondary N) is 1. The lowest BCUT2D eigenvalue weighted by atomic mass is 10.1. The van der Waals surface area contributed by atoms with Crippen molar-refractivity contribution in [2.24, 2.45) is 7.05 Å². The first-order valence-corrected chi connectivity index (χ1v) is 7.83. The van der Waals surface area contributed by atoms with Crippen molar-refractivity contribution in [2.75, 3.05) is 18.4 Å². The number of benzene rings is 1. The Hall–Kier alpha value is -2.58. The number of aromatic nitrogens is 1. The first-order valence-electron chi connectivity index (χ1n) is 7.83. The molecule has 2 heterocycles. The Bertz CT molecular complexity index is 743. The quantitative estimate of drug-likeness (QED) is 0.944. The van der Waals surface area contributed by atoms with Crippen LogP contribution in [0.5, 0.6) is 0 Å². The van der Waals surface area contributed by atoms with E-state index in [2.05, 4.69) is 26.9 Å². The molecule has 5 nitrogen and oxygen atoms in total. The van der Waals surface area contributed by atoms with Gasteiger partial charge in [0.25, 0.3) is 0 Å². The van der Waals surface area contributed by atoms with E-state index in [4.69, 9.17) is 5.26 Å². The predicted molar refractivity (Wildman–Crippen MR) is 88.7 cm³/mol. The molecule has 1 amide bonds. The number of para-hydroxylation sites is 1. The Balaban J connectivity index is 1.68. The number of anilines is 1. The third kappa shape index (κ3) is 3.27. The number of hydrogen-bond acceptors (Lipinski definition) is 3. The van der Waals surface area contributed by atoms with Gasteiger partial charge in [0.05, 0.1) is 23.8 Å². The van der Waals surface area contributed by atoms with Gasteiger partial charge in [0, 0.05) is 18.9 Å². The molecule has 1 aromatic carbocycles. The number of likely N-dealkylation sites (tertiary alicyclic amines) is 1. The summed E-state index contributed by atoms with van der Waals surface area (Å²) in [6, 6.07) is 13.6. The van der Waals surface area contributed by atoms with E-state index in [1.807, 2.05) is 25.4 Å². The average Bonchev–Trinajstić information content (AvgIpc) is 3.16. The first-order chi connectivity index (χ1) is 11.2. The van der Waals surface area contributed by atoms with Gasteiger partial charge in [-0.1, -0.05) is 12.1 Å². The van der Waals surface area contributed by atoms with Gasteiger partial charge in [-0.3, -0.25) is 9.69 Å². The van der Waals surface area contributed by atoms with Crippen LogP contribution in [0.15, 0.2) is 42.6 Å². The van der Waals surface area contributed by atoms with Gasteiger partial charge >= 0.3 is 0 Å². The topological polar surface area (TPSA) is 61.1 Å². The zero-order valence-corrected chi connectivity index (χ0v) is 13.2. The smallest absolute Gasteiger partial charge is 0.238 e. The summed E-state index contributed by atoms with van der Waals surface area (Å²) in [5.41, 5.74) is 2.31. The van der Waals surface area contributed by atoms with Crippen molar-refractivity contribution < 1.29 is 4.79 Å². The highest BCUT2D eigenvalue weighted by atomic mass is 16.2. The number of rotatable bonds is 4. The van der Waals surface area contributed by atoms with Crippen LogP contribution in [0.4, 0.5) is 5.69 Å². The van der Waals surface area contributed by atoms with E-state index >= 15 is 0 Å². The molecule has 1 aliphatic heterocycles. The van der Waals surface area contributed by atoms with E-state index in [0.717, 1.165) is 19.4 Å². The molecule has 0 spiro atoms. The van der Waals surface area contributed by atoms with Crippen molar-refractivity contribution in [3.8, 4) is 6.07 Å². The molecule has 1 aromatic heterocycles. The molecule has 1 fully saturated rings. The van der Waals surface area contributed by atoms with Crippen molar-refractivity contribution in [1.29, 1.82) is 5.26 Å². The second-order valence-electron chi connectivity index (χ2n) is 5.88. The van der Waals surface area contributed by atoms with Gasteiger partial charge in [0.1, 0.15) is 6.07 Å². The second-order valence-corrected chi connectivity index (χ2v) is 5.88. The Kier molecular flexibility index (Phi) is 4.45. The van der Waals surface area contributed by atoms with Crippen LogP contribution in [-0.4, -0.2) is 28.5 Å². The SMILES string of the molecule is Cn1cccc1[C@@H]1CCCN1CC(=O)Nc1ccccc1C#N. The number of nitrogens with zero attached hydrogens (tertiary/aromatic N) is 3. The Morgan fingerprint density at radius 1 is 1.35 bits per heavy atom. The minimum absolute atomic E-state index is 0.0752. The number of nitriles is 1. The predicted octanol–water partition coefficient (Wildman–Crippen LogP) is 2.67. The minimum atomic E-state index is -0.0752. The summed E-state index contributed by atoms with van der Waals surface area (Å²) in [7, 11) is 2.04. The summed E-state index contributed by atoms with van der Waals surface area (Å²) < 4.78 is 2.12. The molecule has 2 aromatic rings. The molecule has 0 unspecified atom stereocenters. The molecular formula is C18H20N4O. The van der Waals surface area contributed by atoms with Gasteiger partial charge < -0.3 is 9.88 Å². The zero-order chi connectivity index (χ0) is 16.2. The molecule has 0 bridgehead atoms. The molecule has 0 saturated carbocycles. The van der Waals surface area contributed by atoms with Gasteiger partial charge in [0.15, 0.2) is 0 Å². The van der Waals surface area contributed by atoms with Crippen molar-refractivity contribution >= 4 is 11.6 Å². The lowest BCUT2D eigenvalue weighted by Gasteiger charge is -2.24. The van der Waals surface area contributed by atoms with Crippen LogP contribution in [-0.2, 0) is 11.8 Å². The summed E-state index contributed by atoms with van der Waals surface area (Å²) in [6.07, 6.45) is 4.20. The molecule has 1 N–H and O–H groups in total. The zero-order valence-electron chi connectivity index (χ0n) is 13.2. The Morgan fingerprint density at radius 3 is 2.91 bits per heavy atom. The van der Waals surface area contributed by atoms with Crippen molar-refractivity contribution in [3.05, 3.63) is 53.9 Å². The van der Waals surface area contributed by atoms with Crippen LogP contribution < -0.4 is 5.32 Å². The van der Waals surface area contributed by atoms with Gasteiger partial charge in [-0.15, -0.1) is 0 Å². The molecule has 0 aliphatic carbocycles. The third-order valence-corrected chi connectivity index (χ3v) is 4.36. The highest BCUT2D eigenvalue weighted by Gasteiger charge is 2.29. The summed E-state index contributed by atoms with van der Waals surface area (Å²) in [5.74, 6) is -0.0752. The average molecular weight is 308 g/mol. The number of carbonyl (C=O) groups excluding carboxylic acids is 1. The van der Waals surface area contributed by atoms with E-state index < -0.39 is 0 Å². The van der Waals surface area contributed by atoms with Crippen molar-refractivity contribution in [1.82, 2.24) is 9.47 Å². The number of hydrogen-bond donors (Lipinski definition) is 1. The molecule has 23 heavy (non-hydrogen) atoms. The van der Waals surface area contributed by atoms with Crippen LogP contribution in [0, 0.1) is 11.3 Å². The van der Waals surface area contributed by atoms with Gasteiger partial charge in [0.2, 0.25) is 5.91 Å². The molecule has 5 heteroatoms. The van der Waals surface area contributed by atoms with Crippen LogP contribution >= 0.6 is 0 Å². The molecule has 1 atom stereocenters. The first kappa shape index (κ1) is 15.3. The monoisotopic (exact) mass is 308 g/mol. The minimum Gasteiger partial charge on any atom is -0.353 e. The maximum absolute atomic E-state index is 12.4. The van der Waals surface area contributed by atoms with E-state index in [0.29, 0.717) is 17.8 Å². The highest BCUT2D eigenvalue weighted by Crippen LogP contribution is 2.31. The number of aryl methyl sites for hydroxylation is 1. The molecular weight excluding hydrogens is 288 g/mol. The maximum Gasteiger partial charge on any atom is 0.238 e. The molecule has 118 valence electrons. The van der Waals surface area contributed by atoms with E-state index in [9.17, 15) is 4.79 Å². The largest absolute Gasteiger partial charge is 0.353 e. The van der Waals surface area contributed by atoms with Crippen LogP contribution in [0.1, 0.15) is 30.1 Å². The standard InChI is InChI=1S/C18H20N4O/c1-21-10-4-8-16(21)17-9-5-11-22(17)13-18(23)20-15-7-3-2-6-14(15)12-19/h2-4,6-8,10,17H,5,9,11,13H2,1H3,(H,20,23)/t17-/m0/s1. The van der Waals surface area contributed by atoms with E-state index in [-0.39, 0.29) is 11.9 Å². The van der Waals surface area contributed by atoms with Gasteiger partial charge in [-0.2, -0.15) is 5.26 Å². The Labute approximate surface area is 136 Å². The fraction of sp³-hybridized carbons (Fsp3) is 0.333. The fourth-order valence-corrected chi connectivity index (χ4v) is 3.23. The van der Waals surface area contributed by atoms with E-state index in [1.54, 1.807) is 18.2 Å². The van der Waals surface area contributed by atoms with Crippen LogP contribution in [0.25, 0.3) is 0 Å². The van der Waals surface area contributed by atoms with Crippen molar-refractivity contribution in [3.63, 3.8) is 0 Å². The molecule has 0 radical (unpaired) electrons. The molecule has 3 rings (SSSR count). The fourth-order valence-electron chi connectivity index (χ4n) is 3.23. The van der Waals surface area contributed by atoms with Crippen molar-refractivity contribution in [2.45, 2.75) is 18.9 Å². The highest BCUT2D eigenvalue weighted by molar-refractivity contribution is 5.93. The summed E-state index contributed by atoms with van der Waals surface area (Å²) >= 11 is 0. The normalized spacial score (nSPS) is 17.8. The lowest BCUT2D eigenvalue weighted by Crippen LogP contribution is -2.33. The summed E-state index contributed by atoms with van der Waals surface area (Å²) in [4.78, 5) is 14.6. The number of carbonyl (C=O) groups is 1. The molecule has 1 aliphatic rings. The second kappa shape index (κ2) is 6.67. The summed E-state index contributed by atoms with van der Waals surface area (Å²) in [5, 5.41) is 12.0. The number of amides is 1. The van der Waals surface area contributed by atoms with Crippen LogP contribution in [0.3, 0.4) is 0 Å². The summed E-state index contributed by atoms with van der Waals surface area (Å²) in [6.45, 7) is 1.26. The van der Waals surface area contributed by atoms with Crippen LogP contribution in [0.2, 0.25) is 0 Å². The molecule has 1 saturated heterocycles. The van der Waals surface area contributed by atoms with E-state index in [1.165, 1.54) is 5.69 Å². The van der Waals surface area contributed by atoms with Gasteiger partial charge in [-0.05, 0) is 43.7 Å². The Morgan fingerprint density at radius 2 is 2.17 bits per heavy atom.